The predicted molar refractivity (Wildman–Crippen MR) is 109 cm³/mol. The van der Waals surface area contributed by atoms with Crippen LogP contribution in [0.2, 0.25) is 5.02 Å². The van der Waals surface area contributed by atoms with Crippen molar-refractivity contribution in [2.24, 2.45) is 11.0 Å². The van der Waals surface area contributed by atoms with Crippen LogP contribution < -0.4 is 9.91 Å². The molecule has 8 heteroatoms. The summed E-state index contributed by atoms with van der Waals surface area (Å²) in [5.74, 6) is -2.77. The fraction of sp³-hybridized carbons (Fsp3) is 0.238. The second-order valence-electron chi connectivity index (χ2n) is 6.98. The van der Waals surface area contributed by atoms with E-state index in [-0.39, 0.29) is 5.71 Å². The van der Waals surface area contributed by atoms with Crippen molar-refractivity contribution >= 4 is 46.5 Å². The zero-order valence-corrected chi connectivity index (χ0v) is 16.8. The first-order valence-corrected chi connectivity index (χ1v) is 9.38. The van der Waals surface area contributed by atoms with Crippen LogP contribution >= 0.6 is 11.6 Å². The van der Waals surface area contributed by atoms with Crippen molar-refractivity contribution in [3.63, 3.8) is 0 Å². The molecule has 4 rings (SSSR count). The first-order valence-electron chi connectivity index (χ1n) is 9.00. The summed E-state index contributed by atoms with van der Waals surface area (Å²) in [5.41, 5.74) is 2.56. The quantitative estimate of drug-likeness (QED) is 0.573. The Morgan fingerprint density at radius 1 is 1.07 bits per heavy atom. The zero-order valence-electron chi connectivity index (χ0n) is 16.0. The zero-order chi connectivity index (χ0) is 20.9. The van der Waals surface area contributed by atoms with Crippen LogP contribution in [0.1, 0.15) is 11.1 Å². The summed E-state index contributed by atoms with van der Waals surface area (Å²) in [6, 6.07) is 11.4. The van der Waals surface area contributed by atoms with Gasteiger partial charge in [0.15, 0.2) is 5.71 Å². The number of benzene rings is 2. The summed E-state index contributed by atoms with van der Waals surface area (Å²) in [4.78, 5) is 40.0. The Morgan fingerprint density at radius 3 is 2.41 bits per heavy atom. The third-order valence-electron chi connectivity index (χ3n) is 5.22. The van der Waals surface area contributed by atoms with E-state index in [9.17, 15) is 14.4 Å². The lowest BCUT2D eigenvalue weighted by atomic mass is 9.97. The lowest BCUT2D eigenvalue weighted by Gasteiger charge is -2.23. The van der Waals surface area contributed by atoms with E-state index in [0.29, 0.717) is 22.0 Å². The molecule has 0 saturated carbocycles. The van der Waals surface area contributed by atoms with Gasteiger partial charge in [0.1, 0.15) is 12.0 Å². The minimum Gasteiger partial charge on any atom is -0.464 e. The van der Waals surface area contributed by atoms with Gasteiger partial charge < -0.3 is 4.74 Å². The van der Waals surface area contributed by atoms with E-state index in [4.69, 9.17) is 16.3 Å². The highest BCUT2D eigenvalue weighted by atomic mass is 35.5. The highest BCUT2D eigenvalue weighted by molar-refractivity contribution is 6.47. The van der Waals surface area contributed by atoms with Crippen molar-refractivity contribution in [2.45, 2.75) is 19.9 Å². The molecule has 2 aromatic rings. The fourth-order valence-electron chi connectivity index (χ4n) is 3.67. The molecule has 2 aromatic carbocycles. The summed E-state index contributed by atoms with van der Waals surface area (Å²) in [6.45, 7) is 3.67. The van der Waals surface area contributed by atoms with Crippen LogP contribution in [0, 0.1) is 19.8 Å². The molecule has 0 radical (unpaired) electrons. The average molecular weight is 412 g/mol. The molecule has 0 N–H and O–H groups in total. The van der Waals surface area contributed by atoms with Gasteiger partial charge in [0.2, 0.25) is 5.91 Å². The molecule has 7 nitrogen and oxygen atoms in total. The molecule has 2 atom stereocenters. The third-order valence-corrected chi connectivity index (χ3v) is 5.63. The molecule has 148 valence electrons. The number of amides is 2. The van der Waals surface area contributed by atoms with Crippen LogP contribution in [-0.2, 0) is 19.1 Å². The number of esters is 1. The third kappa shape index (κ3) is 2.89. The first kappa shape index (κ1) is 19.1. The number of nitrogens with zero attached hydrogens (tertiary/aromatic N) is 3. The monoisotopic (exact) mass is 411 g/mol. The molecule has 0 bridgehead atoms. The summed E-state index contributed by atoms with van der Waals surface area (Å²) < 4.78 is 4.81. The first-order chi connectivity index (χ1) is 13.8. The Bertz CT molecular complexity index is 1060. The van der Waals surface area contributed by atoms with Gasteiger partial charge in [0, 0.05) is 5.02 Å². The lowest BCUT2D eigenvalue weighted by Crippen LogP contribution is -2.39. The van der Waals surface area contributed by atoms with E-state index >= 15 is 0 Å². The molecular formula is C21H18ClN3O4. The van der Waals surface area contributed by atoms with Gasteiger partial charge in [-0.15, -0.1) is 0 Å². The number of halogens is 1. The number of ether oxygens (including phenoxy) is 1. The van der Waals surface area contributed by atoms with Crippen molar-refractivity contribution in [3.05, 3.63) is 58.6 Å². The molecular weight excluding hydrogens is 394 g/mol. The molecule has 2 heterocycles. The second kappa shape index (κ2) is 7.00. The van der Waals surface area contributed by atoms with Crippen molar-refractivity contribution in [1.82, 2.24) is 0 Å². The minimum atomic E-state index is -1.05. The fourth-order valence-corrected chi connectivity index (χ4v) is 3.84. The molecule has 2 amide bonds. The molecule has 29 heavy (non-hydrogen) atoms. The number of methoxy groups -OCH3 is 1. The smallest absolute Gasteiger partial charge is 0.355 e. The van der Waals surface area contributed by atoms with Crippen molar-refractivity contribution in [1.29, 1.82) is 0 Å². The standard InChI is InChI=1S/C21H18ClN3O4/c1-11-7-9-13(10-8-11)25-18-16(17(23-25)21(28)29-3)19(26)24(20(18)27)15-6-4-5-14(22)12(15)2/h4-10,16,18H,1-3H3. The van der Waals surface area contributed by atoms with Gasteiger partial charge in [-0.25, -0.2) is 9.69 Å². The Hall–Kier alpha value is -3.19. The van der Waals surface area contributed by atoms with Crippen LogP contribution in [0.15, 0.2) is 47.6 Å². The second-order valence-corrected chi connectivity index (χ2v) is 7.38. The highest BCUT2D eigenvalue weighted by Gasteiger charge is 2.59. The number of hydrazone groups is 1. The van der Waals surface area contributed by atoms with Gasteiger partial charge >= 0.3 is 5.97 Å². The van der Waals surface area contributed by atoms with E-state index < -0.39 is 29.7 Å². The Labute approximate surface area is 172 Å². The predicted octanol–water partition coefficient (Wildman–Crippen LogP) is 2.86. The molecule has 0 aromatic heterocycles. The van der Waals surface area contributed by atoms with Crippen LogP contribution in [0.5, 0.6) is 0 Å². The van der Waals surface area contributed by atoms with E-state index in [1.54, 1.807) is 37.3 Å². The van der Waals surface area contributed by atoms with Crippen molar-refractivity contribution in [2.75, 3.05) is 17.0 Å². The minimum absolute atomic E-state index is 0.0846. The van der Waals surface area contributed by atoms with Gasteiger partial charge in [0.25, 0.3) is 5.91 Å². The maximum atomic E-state index is 13.4. The number of carbonyl (C=O) groups is 3. The summed E-state index contributed by atoms with van der Waals surface area (Å²) in [6.07, 6.45) is 0. The molecule has 2 aliphatic rings. The number of aryl methyl sites for hydroxylation is 1. The van der Waals surface area contributed by atoms with Gasteiger partial charge in [-0.3, -0.25) is 14.6 Å². The maximum absolute atomic E-state index is 13.4. The van der Waals surface area contributed by atoms with Gasteiger partial charge in [-0.1, -0.05) is 35.4 Å². The van der Waals surface area contributed by atoms with Crippen LogP contribution in [0.3, 0.4) is 0 Å². The maximum Gasteiger partial charge on any atom is 0.355 e. The number of carbonyl (C=O) groups excluding carboxylic acids is 3. The average Bonchev–Trinajstić information content (AvgIpc) is 3.22. The number of fused-ring (bicyclic) bond motifs is 1. The molecule has 0 aliphatic carbocycles. The van der Waals surface area contributed by atoms with E-state index in [2.05, 4.69) is 5.10 Å². The molecule has 0 spiro atoms. The number of anilines is 2. The number of imide groups is 1. The summed E-state index contributed by atoms with van der Waals surface area (Å²) in [5, 5.41) is 6.16. The van der Waals surface area contributed by atoms with E-state index in [1.165, 1.54) is 12.1 Å². The van der Waals surface area contributed by atoms with Crippen molar-refractivity contribution < 1.29 is 19.1 Å². The Balaban J connectivity index is 1.83. The SMILES string of the molecule is COC(=O)C1=NN(c2ccc(C)cc2)C2C(=O)N(c3cccc(Cl)c3C)C(=O)C12. The van der Waals surface area contributed by atoms with Crippen LogP contribution in [0.4, 0.5) is 11.4 Å². The van der Waals surface area contributed by atoms with Crippen LogP contribution in [-0.4, -0.2) is 36.6 Å². The normalized spacial score (nSPS) is 20.8. The van der Waals surface area contributed by atoms with E-state index in [1.807, 2.05) is 19.1 Å². The largest absolute Gasteiger partial charge is 0.464 e. The highest BCUT2D eigenvalue weighted by Crippen LogP contribution is 2.39. The molecule has 2 unspecified atom stereocenters. The van der Waals surface area contributed by atoms with Crippen LogP contribution in [0.25, 0.3) is 0 Å². The lowest BCUT2D eigenvalue weighted by molar-refractivity contribution is -0.133. The molecule has 1 saturated heterocycles. The van der Waals surface area contributed by atoms with Gasteiger partial charge in [-0.05, 0) is 43.7 Å². The van der Waals surface area contributed by atoms with Gasteiger partial charge in [-0.2, -0.15) is 5.10 Å². The number of rotatable bonds is 3. The Kier molecular flexibility index (Phi) is 4.62. The number of hydrogen-bond donors (Lipinski definition) is 0. The van der Waals surface area contributed by atoms with Gasteiger partial charge in [0.05, 0.1) is 18.5 Å². The van der Waals surface area contributed by atoms with E-state index in [0.717, 1.165) is 10.5 Å². The molecule has 1 fully saturated rings. The summed E-state index contributed by atoms with van der Waals surface area (Å²) in [7, 11) is 1.22. The number of hydrogen-bond acceptors (Lipinski definition) is 6. The Morgan fingerprint density at radius 2 is 1.76 bits per heavy atom. The topological polar surface area (TPSA) is 79.3 Å². The molecule has 2 aliphatic heterocycles. The summed E-state index contributed by atoms with van der Waals surface area (Å²) >= 11 is 6.19. The van der Waals surface area contributed by atoms with Crippen molar-refractivity contribution in [3.8, 4) is 0 Å².